The summed E-state index contributed by atoms with van der Waals surface area (Å²) in [4.78, 5) is 2.29. The summed E-state index contributed by atoms with van der Waals surface area (Å²) in [6.45, 7) is 11.5. The van der Waals surface area contributed by atoms with Crippen molar-refractivity contribution < 1.29 is 5.11 Å². The number of hydrogen-bond donors (Lipinski definition) is 2. The number of nitrogens with one attached hydrogen (secondary N) is 1. The Bertz CT molecular complexity index is 391. The second-order valence-corrected chi connectivity index (χ2v) is 5.72. The van der Waals surface area contributed by atoms with Gasteiger partial charge in [-0.15, -0.1) is 0 Å². The van der Waals surface area contributed by atoms with E-state index in [9.17, 15) is 5.11 Å². The molecule has 0 saturated carbocycles. The lowest BCUT2D eigenvalue weighted by Gasteiger charge is -2.26. The molecule has 0 aliphatic heterocycles. The van der Waals surface area contributed by atoms with Crippen molar-refractivity contribution in [2.45, 2.75) is 53.1 Å². The predicted molar refractivity (Wildman–Crippen MR) is 87.4 cm³/mol. The van der Waals surface area contributed by atoms with Crippen LogP contribution >= 0.6 is 0 Å². The minimum absolute atomic E-state index is 0.208. The van der Waals surface area contributed by atoms with Gasteiger partial charge in [0.25, 0.3) is 0 Å². The molecule has 1 aromatic carbocycles. The molecule has 3 heteroatoms. The number of hydrogen-bond acceptors (Lipinski definition) is 3. The zero-order chi connectivity index (χ0) is 15.0. The molecule has 1 aromatic rings. The quantitative estimate of drug-likeness (QED) is 0.728. The first-order chi connectivity index (χ1) is 9.58. The van der Waals surface area contributed by atoms with E-state index in [0.717, 1.165) is 19.5 Å². The molecule has 0 atom stereocenters. The van der Waals surface area contributed by atoms with E-state index in [-0.39, 0.29) is 6.61 Å². The molecule has 0 bridgehead atoms. The van der Waals surface area contributed by atoms with E-state index in [2.05, 4.69) is 56.1 Å². The Hall–Kier alpha value is -1.06. The number of aliphatic hydroxyl groups excluding tert-OH is 1. The van der Waals surface area contributed by atoms with E-state index in [1.54, 1.807) is 0 Å². The molecule has 0 unspecified atom stereocenters. The third-order valence-corrected chi connectivity index (χ3v) is 3.47. The van der Waals surface area contributed by atoms with Crippen molar-refractivity contribution in [3.8, 4) is 0 Å². The number of anilines is 1. The maximum Gasteiger partial charge on any atom is 0.0606 e. The van der Waals surface area contributed by atoms with Crippen molar-refractivity contribution in [1.82, 2.24) is 5.32 Å². The summed E-state index contributed by atoms with van der Waals surface area (Å²) < 4.78 is 0. The summed E-state index contributed by atoms with van der Waals surface area (Å²) in [7, 11) is 0. The van der Waals surface area contributed by atoms with Crippen LogP contribution in [-0.2, 0) is 6.54 Å². The van der Waals surface area contributed by atoms with Crippen LogP contribution in [0.15, 0.2) is 18.2 Å². The highest BCUT2D eigenvalue weighted by Crippen LogP contribution is 2.21. The first kappa shape index (κ1) is 17.0. The second-order valence-electron chi connectivity index (χ2n) is 5.72. The smallest absolute Gasteiger partial charge is 0.0606 e. The average Bonchev–Trinajstić information content (AvgIpc) is 2.41. The van der Waals surface area contributed by atoms with Crippen molar-refractivity contribution in [3.05, 3.63) is 29.3 Å². The van der Waals surface area contributed by atoms with Crippen molar-refractivity contribution in [2.75, 3.05) is 24.6 Å². The zero-order valence-corrected chi connectivity index (χ0v) is 13.4. The second kappa shape index (κ2) is 8.98. The van der Waals surface area contributed by atoms with Gasteiger partial charge in [-0.1, -0.05) is 39.3 Å². The summed E-state index contributed by atoms with van der Waals surface area (Å²) in [5.41, 5.74) is 3.86. The Balaban J connectivity index is 2.77. The summed E-state index contributed by atoms with van der Waals surface area (Å²) in [5, 5.41) is 12.7. The van der Waals surface area contributed by atoms with Gasteiger partial charge in [0.15, 0.2) is 0 Å². The lowest BCUT2D eigenvalue weighted by atomic mass is 10.1. The summed E-state index contributed by atoms with van der Waals surface area (Å²) >= 11 is 0. The van der Waals surface area contributed by atoms with Crippen molar-refractivity contribution in [3.63, 3.8) is 0 Å². The van der Waals surface area contributed by atoms with E-state index in [1.807, 2.05) is 0 Å². The molecule has 0 fully saturated rings. The largest absolute Gasteiger partial charge is 0.395 e. The third-order valence-electron chi connectivity index (χ3n) is 3.47. The highest BCUT2D eigenvalue weighted by atomic mass is 16.3. The van der Waals surface area contributed by atoms with Crippen LogP contribution in [0, 0.1) is 6.92 Å². The van der Waals surface area contributed by atoms with E-state index < -0.39 is 0 Å². The summed E-state index contributed by atoms with van der Waals surface area (Å²) in [6, 6.07) is 7.14. The van der Waals surface area contributed by atoms with Crippen molar-refractivity contribution >= 4 is 5.69 Å². The van der Waals surface area contributed by atoms with Crippen LogP contribution in [0.5, 0.6) is 0 Å². The molecule has 0 heterocycles. The highest BCUT2D eigenvalue weighted by molar-refractivity contribution is 5.54. The monoisotopic (exact) mass is 278 g/mol. The topological polar surface area (TPSA) is 35.5 Å². The number of unbranched alkanes of at least 4 members (excludes halogenated alkanes) is 1. The predicted octanol–water partition coefficient (Wildman–Crippen LogP) is 3.09. The lowest BCUT2D eigenvalue weighted by molar-refractivity contribution is 0.301. The number of benzene rings is 1. The highest BCUT2D eigenvalue weighted by Gasteiger charge is 2.09. The van der Waals surface area contributed by atoms with Gasteiger partial charge >= 0.3 is 0 Å². The number of aryl methyl sites for hydroxylation is 1. The first-order valence-electron chi connectivity index (χ1n) is 7.77. The van der Waals surface area contributed by atoms with E-state index in [0.29, 0.717) is 12.6 Å². The Morgan fingerprint density at radius 2 is 2.00 bits per heavy atom. The molecule has 0 aliphatic carbocycles. The van der Waals surface area contributed by atoms with Crippen LogP contribution in [0.25, 0.3) is 0 Å². The van der Waals surface area contributed by atoms with Gasteiger partial charge in [0.1, 0.15) is 0 Å². The maximum absolute atomic E-state index is 9.24. The Morgan fingerprint density at radius 3 is 2.55 bits per heavy atom. The average molecular weight is 278 g/mol. The minimum Gasteiger partial charge on any atom is -0.395 e. The first-order valence-corrected chi connectivity index (χ1v) is 7.77. The standard InChI is InChI=1S/C17H30N2O/c1-5-6-9-19(10-11-20)17-8-7-16(12-15(17)4)13-18-14(2)3/h7-8,12,14,18,20H,5-6,9-11,13H2,1-4H3. The van der Waals surface area contributed by atoms with Gasteiger partial charge < -0.3 is 15.3 Å². The van der Waals surface area contributed by atoms with Crippen LogP contribution < -0.4 is 10.2 Å². The van der Waals surface area contributed by atoms with E-state index in [4.69, 9.17) is 0 Å². The van der Waals surface area contributed by atoms with Crippen LogP contribution in [0.2, 0.25) is 0 Å². The SMILES string of the molecule is CCCCN(CCO)c1ccc(CNC(C)C)cc1C. The number of rotatable bonds is 9. The molecule has 0 aliphatic rings. The van der Waals surface area contributed by atoms with Crippen molar-refractivity contribution in [2.24, 2.45) is 0 Å². The molecular weight excluding hydrogens is 248 g/mol. The molecule has 2 N–H and O–H groups in total. The molecular formula is C17H30N2O. The molecule has 1 rings (SSSR count). The summed E-state index contributed by atoms with van der Waals surface area (Å²) in [5.74, 6) is 0. The molecule has 0 saturated heterocycles. The lowest BCUT2D eigenvalue weighted by Crippen LogP contribution is -2.28. The van der Waals surface area contributed by atoms with E-state index >= 15 is 0 Å². The fourth-order valence-corrected chi connectivity index (χ4v) is 2.33. The third kappa shape index (κ3) is 5.51. The fraction of sp³-hybridized carbons (Fsp3) is 0.647. The molecule has 0 radical (unpaired) electrons. The van der Waals surface area contributed by atoms with Gasteiger partial charge in [0, 0.05) is 31.4 Å². The molecule has 0 amide bonds. The summed E-state index contributed by atoms with van der Waals surface area (Å²) in [6.07, 6.45) is 2.34. The van der Waals surface area contributed by atoms with Crippen molar-refractivity contribution in [1.29, 1.82) is 0 Å². The zero-order valence-electron chi connectivity index (χ0n) is 13.4. The van der Waals surface area contributed by atoms with Gasteiger partial charge in [0.05, 0.1) is 6.61 Å². The fourth-order valence-electron chi connectivity index (χ4n) is 2.33. The molecule has 114 valence electrons. The van der Waals surface area contributed by atoms with Crippen LogP contribution in [-0.4, -0.2) is 30.8 Å². The van der Waals surface area contributed by atoms with E-state index in [1.165, 1.54) is 23.2 Å². The Morgan fingerprint density at radius 1 is 1.25 bits per heavy atom. The van der Waals surface area contributed by atoms with Crippen LogP contribution in [0.3, 0.4) is 0 Å². The van der Waals surface area contributed by atoms with Gasteiger partial charge in [-0.25, -0.2) is 0 Å². The molecule has 3 nitrogen and oxygen atoms in total. The van der Waals surface area contributed by atoms with Crippen LogP contribution in [0.1, 0.15) is 44.7 Å². The molecule has 0 spiro atoms. The Kier molecular flexibility index (Phi) is 7.63. The Labute approximate surface area is 124 Å². The van der Waals surface area contributed by atoms with Gasteiger partial charge in [-0.3, -0.25) is 0 Å². The van der Waals surface area contributed by atoms with Gasteiger partial charge in [-0.2, -0.15) is 0 Å². The minimum atomic E-state index is 0.208. The number of nitrogens with zero attached hydrogens (tertiary/aromatic N) is 1. The van der Waals surface area contributed by atoms with Gasteiger partial charge in [-0.05, 0) is 30.5 Å². The molecule has 0 aromatic heterocycles. The van der Waals surface area contributed by atoms with Gasteiger partial charge in [0.2, 0.25) is 0 Å². The number of aliphatic hydroxyl groups is 1. The normalized spacial score (nSPS) is 11.1. The molecule has 20 heavy (non-hydrogen) atoms. The maximum atomic E-state index is 9.24. The van der Waals surface area contributed by atoms with Crippen LogP contribution in [0.4, 0.5) is 5.69 Å².